The van der Waals surface area contributed by atoms with Gasteiger partial charge in [-0.25, -0.2) is 0 Å². The Kier molecular flexibility index (Phi) is 5.25. The molecule has 1 N–H and O–H groups in total. The number of rotatable bonds is 4. The minimum Gasteiger partial charge on any atom is -0.315 e. The number of hydrogen-bond donors (Lipinski definition) is 1. The second kappa shape index (κ2) is 6.05. The maximum atomic E-state index is 12.5. The first-order chi connectivity index (χ1) is 7.87. The van der Waals surface area contributed by atoms with Crippen molar-refractivity contribution in [3.63, 3.8) is 0 Å². The van der Waals surface area contributed by atoms with Crippen LogP contribution in [0.3, 0.4) is 0 Å². The highest BCUT2D eigenvalue weighted by atomic mass is 19.4. The zero-order chi connectivity index (χ0) is 13.1. The lowest BCUT2D eigenvalue weighted by Crippen LogP contribution is -2.54. The van der Waals surface area contributed by atoms with E-state index < -0.39 is 12.7 Å². The molecule has 1 fully saturated rings. The van der Waals surface area contributed by atoms with Crippen LogP contribution in [-0.2, 0) is 0 Å². The van der Waals surface area contributed by atoms with E-state index in [4.69, 9.17) is 0 Å². The van der Waals surface area contributed by atoms with Crippen molar-refractivity contribution in [1.82, 2.24) is 10.2 Å². The molecule has 0 aromatic heterocycles. The van der Waals surface area contributed by atoms with Gasteiger partial charge in [-0.15, -0.1) is 0 Å². The van der Waals surface area contributed by atoms with Crippen LogP contribution in [0.1, 0.15) is 33.1 Å². The Morgan fingerprint density at radius 2 is 1.94 bits per heavy atom. The first-order valence-corrected chi connectivity index (χ1v) is 6.35. The summed E-state index contributed by atoms with van der Waals surface area (Å²) in [6.07, 6.45) is -1.17. The summed E-state index contributed by atoms with van der Waals surface area (Å²) in [6, 6.07) is 0.198. The molecule has 3 unspecified atom stereocenters. The number of halogens is 3. The maximum Gasteiger partial charge on any atom is 0.401 e. The number of nitrogens with one attached hydrogen (secondary N) is 1. The largest absolute Gasteiger partial charge is 0.401 e. The van der Waals surface area contributed by atoms with Gasteiger partial charge in [0.1, 0.15) is 0 Å². The lowest BCUT2D eigenvalue weighted by molar-refractivity contribution is -0.153. The van der Waals surface area contributed by atoms with Crippen molar-refractivity contribution in [2.45, 2.75) is 51.4 Å². The molecule has 1 aliphatic carbocycles. The van der Waals surface area contributed by atoms with Crippen LogP contribution in [-0.4, -0.2) is 43.3 Å². The van der Waals surface area contributed by atoms with Crippen LogP contribution in [0.4, 0.5) is 13.2 Å². The van der Waals surface area contributed by atoms with Crippen molar-refractivity contribution >= 4 is 0 Å². The molecule has 5 heteroatoms. The van der Waals surface area contributed by atoms with Gasteiger partial charge in [-0.05, 0) is 38.8 Å². The van der Waals surface area contributed by atoms with Gasteiger partial charge in [0.05, 0.1) is 6.54 Å². The Labute approximate surface area is 102 Å². The topological polar surface area (TPSA) is 15.3 Å². The molecule has 102 valence electrons. The first kappa shape index (κ1) is 14.8. The van der Waals surface area contributed by atoms with E-state index in [0.717, 1.165) is 19.3 Å². The van der Waals surface area contributed by atoms with E-state index in [1.165, 1.54) is 0 Å². The summed E-state index contributed by atoms with van der Waals surface area (Å²) < 4.78 is 37.5. The molecular weight excluding hydrogens is 229 g/mol. The van der Waals surface area contributed by atoms with Crippen LogP contribution >= 0.6 is 0 Å². The van der Waals surface area contributed by atoms with Crippen LogP contribution in [0.25, 0.3) is 0 Å². The number of alkyl halides is 3. The molecule has 0 aliphatic heterocycles. The molecule has 0 spiro atoms. The van der Waals surface area contributed by atoms with E-state index in [1.807, 2.05) is 7.05 Å². The molecule has 0 heterocycles. The highest BCUT2D eigenvalue weighted by Crippen LogP contribution is 2.29. The van der Waals surface area contributed by atoms with Crippen molar-refractivity contribution in [3.8, 4) is 0 Å². The Morgan fingerprint density at radius 3 is 2.41 bits per heavy atom. The van der Waals surface area contributed by atoms with E-state index >= 15 is 0 Å². The number of nitrogens with zero attached hydrogens (tertiary/aromatic N) is 1. The Hall–Kier alpha value is -0.290. The monoisotopic (exact) mass is 252 g/mol. The second-order valence-corrected chi connectivity index (χ2v) is 5.06. The van der Waals surface area contributed by atoms with Gasteiger partial charge in [-0.3, -0.25) is 4.90 Å². The summed E-state index contributed by atoms with van der Waals surface area (Å²) in [4.78, 5) is 1.57. The average Bonchev–Trinajstić information content (AvgIpc) is 2.24. The Morgan fingerprint density at radius 1 is 1.29 bits per heavy atom. The van der Waals surface area contributed by atoms with Crippen molar-refractivity contribution in [2.24, 2.45) is 5.92 Å². The molecule has 1 aliphatic rings. The zero-order valence-corrected chi connectivity index (χ0v) is 10.8. The van der Waals surface area contributed by atoms with E-state index in [2.05, 4.69) is 12.2 Å². The molecular formula is C12H23F3N2. The zero-order valence-electron chi connectivity index (χ0n) is 10.8. The predicted molar refractivity (Wildman–Crippen MR) is 63.0 cm³/mol. The lowest BCUT2D eigenvalue weighted by Gasteiger charge is -2.41. The van der Waals surface area contributed by atoms with Crippen molar-refractivity contribution in [1.29, 1.82) is 0 Å². The molecule has 0 amide bonds. The van der Waals surface area contributed by atoms with Gasteiger partial charge in [0.15, 0.2) is 0 Å². The fraction of sp³-hybridized carbons (Fsp3) is 1.00. The Balaban J connectivity index is 2.69. The highest BCUT2D eigenvalue weighted by molar-refractivity contribution is 4.90. The van der Waals surface area contributed by atoms with Gasteiger partial charge in [0, 0.05) is 12.1 Å². The summed E-state index contributed by atoms with van der Waals surface area (Å²) in [6.45, 7) is 3.59. The minimum atomic E-state index is -4.10. The van der Waals surface area contributed by atoms with Crippen LogP contribution in [0.5, 0.6) is 0 Å². The quantitative estimate of drug-likeness (QED) is 0.827. The van der Waals surface area contributed by atoms with Gasteiger partial charge >= 0.3 is 6.18 Å². The fourth-order valence-electron chi connectivity index (χ4n) is 2.78. The molecule has 0 saturated heterocycles. The molecule has 1 rings (SSSR count). The van der Waals surface area contributed by atoms with Crippen LogP contribution in [0.15, 0.2) is 0 Å². The van der Waals surface area contributed by atoms with E-state index in [-0.39, 0.29) is 12.1 Å². The van der Waals surface area contributed by atoms with Crippen molar-refractivity contribution in [3.05, 3.63) is 0 Å². The first-order valence-electron chi connectivity index (χ1n) is 6.35. The average molecular weight is 252 g/mol. The van der Waals surface area contributed by atoms with Crippen LogP contribution in [0, 0.1) is 5.92 Å². The molecule has 1 saturated carbocycles. The minimum absolute atomic E-state index is 0.00961. The Bertz CT molecular complexity index is 230. The fourth-order valence-corrected chi connectivity index (χ4v) is 2.78. The SMILES string of the molecule is CCN(CC(F)(F)F)C1CC(C)CCC1NC. The molecule has 0 bridgehead atoms. The summed E-state index contributed by atoms with van der Waals surface area (Å²) in [5.74, 6) is 0.520. The third-order valence-corrected chi connectivity index (χ3v) is 3.71. The van der Waals surface area contributed by atoms with Crippen LogP contribution in [0.2, 0.25) is 0 Å². The van der Waals surface area contributed by atoms with Crippen molar-refractivity contribution < 1.29 is 13.2 Å². The van der Waals surface area contributed by atoms with Crippen molar-refractivity contribution in [2.75, 3.05) is 20.1 Å². The smallest absolute Gasteiger partial charge is 0.315 e. The van der Waals surface area contributed by atoms with Gasteiger partial charge < -0.3 is 5.32 Å². The summed E-state index contributed by atoms with van der Waals surface area (Å²) in [5, 5.41) is 3.17. The van der Waals surface area contributed by atoms with Gasteiger partial charge in [0.2, 0.25) is 0 Å². The highest BCUT2D eigenvalue weighted by Gasteiger charge is 2.37. The van der Waals surface area contributed by atoms with Gasteiger partial charge in [-0.1, -0.05) is 13.8 Å². The third-order valence-electron chi connectivity index (χ3n) is 3.71. The van der Waals surface area contributed by atoms with E-state index in [1.54, 1.807) is 11.8 Å². The van der Waals surface area contributed by atoms with E-state index in [0.29, 0.717) is 12.5 Å². The van der Waals surface area contributed by atoms with Gasteiger partial charge in [-0.2, -0.15) is 13.2 Å². The third kappa shape index (κ3) is 4.47. The van der Waals surface area contributed by atoms with E-state index in [9.17, 15) is 13.2 Å². The molecule has 2 nitrogen and oxygen atoms in total. The maximum absolute atomic E-state index is 12.5. The molecule has 0 aromatic rings. The normalized spacial score (nSPS) is 30.9. The lowest BCUT2D eigenvalue weighted by atomic mass is 9.82. The summed E-state index contributed by atoms with van der Waals surface area (Å²) in [7, 11) is 1.84. The molecule has 3 atom stereocenters. The standard InChI is InChI=1S/C12H23F3N2/c1-4-17(8-12(13,14)15)11-7-9(2)5-6-10(11)16-3/h9-11,16H,4-8H2,1-3H3. The summed E-state index contributed by atoms with van der Waals surface area (Å²) >= 11 is 0. The molecule has 17 heavy (non-hydrogen) atoms. The number of hydrogen-bond acceptors (Lipinski definition) is 2. The second-order valence-electron chi connectivity index (χ2n) is 5.06. The van der Waals surface area contributed by atoms with Crippen LogP contribution < -0.4 is 5.32 Å². The predicted octanol–water partition coefficient (Wildman–Crippen LogP) is 2.65. The number of likely N-dealkylation sites (N-methyl/N-ethyl adjacent to an activating group) is 2. The molecule has 0 radical (unpaired) electrons. The molecule has 0 aromatic carbocycles. The van der Waals surface area contributed by atoms with Gasteiger partial charge in [0.25, 0.3) is 0 Å². The summed E-state index contributed by atoms with van der Waals surface area (Å²) in [5.41, 5.74) is 0.